The van der Waals surface area contributed by atoms with Gasteiger partial charge in [-0.25, -0.2) is 4.39 Å². The molecule has 1 fully saturated rings. The van der Waals surface area contributed by atoms with Crippen molar-refractivity contribution in [3.63, 3.8) is 0 Å². The highest BCUT2D eigenvalue weighted by Crippen LogP contribution is 2.17. The molecule has 0 aromatic heterocycles. The number of hydrogen-bond donors (Lipinski definition) is 2. The number of benzene rings is 1. The summed E-state index contributed by atoms with van der Waals surface area (Å²) in [4.78, 5) is 21.1. The van der Waals surface area contributed by atoms with E-state index in [1.807, 2.05) is 11.8 Å². The lowest BCUT2D eigenvalue weighted by Gasteiger charge is -2.36. The summed E-state index contributed by atoms with van der Waals surface area (Å²) in [6.07, 6.45) is 1.25. The van der Waals surface area contributed by atoms with Crippen LogP contribution in [0, 0.1) is 5.82 Å². The first kappa shape index (κ1) is 24.9. The van der Waals surface area contributed by atoms with Crippen molar-refractivity contribution in [2.75, 3.05) is 77.6 Å². The van der Waals surface area contributed by atoms with Crippen LogP contribution in [0.5, 0.6) is 0 Å². The summed E-state index contributed by atoms with van der Waals surface area (Å²) in [7, 11) is 1.65. The summed E-state index contributed by atoms with van der Waals surface area (Å²) in [6, 6.07) is 6.50. The summed E-state index contributed by atoms with van der Waals surface area (Å²) in [5.74, 6) is 0.614. The number of halogens is 1. The summed E-state index contributed by atoms with van der Waals surface area (Å²) in [5, 5.41) is 6.42. The fourth-order valence-electron chi connectivity index (χ4n) is 3.26. The van der Waals surface area contributed by atoms with E-state index in [0.29, 0.717) is 58.4 Å². The molecule has 0 unspecified atom stereocenters. The molecular weight excluding hydrogens is 401 g/mol. The van der Waals surface area contributed by atoms with Gasteiger partial charge in [-0.1, -0.05) is 0 Å². The molecule has 0 bridgehead atoms. The first-order chi connectivity index (χ1) is 15.1. The summed E-state index contributed by atoms with van der Waals surface area (Å²) in [5.41, 5.74) is 0.991. The number of carbonyl (C=O) groups excluding carboxylic acids is 1. The molecule has 9 heteroatoms. The first-order valence-electron chi connectivity index (χ1n) is 11.0. The third-order valence-corrected chi connectivity index (χ3v) is 4.95. The molecule has 0 aliphatic carbocycles. The van der Waals surface area contributed by atoms with E-state index in [1.165, 1.54) is 12.1 Å². The Balaban J connectivity index is 1.65. The number of nitrogens with one attached hydrogen (secondary N) is 2. The van der Waals surface area contributed by atoms with Gasteiger partial charge in [-0.2, -0.15) is 0 Å². The maximum absolute atomic E-state index is 13.1. The highest BCUT2D eigenvalue weighted by Gasteiger charge is 2.21. The minimum atomic E-state index is -0.235. The molecule has 1 saturated heterocycles. The van der Waals surface area contributed by atoms with E-state index in [4.69, 9.17) is 9.47 Å². The monoisotopic (exact) mass is 437 g/mol. The molecule has 0 spiro atoms. The number of methoxy groups -OCH3 is 1. The van der Waals surface area contributed by atoms with Crippen LogP contribution in [-0.2, 0) is 14.3 Å². The van der Waals surface area contributed by atoms with Crippen LogP contribution in [0.2, 0.25) is 0 Å². The zero-order chi connectivity index (χ0) is 22.3. The molecule has 2 rings (SSSR count). The third-order valence-electron chi connectivity index (χ3n) is 4.95. The highest BCUT2D eigenvalue weighted by molar-refractivity contribution is 5.81. The van der Waals surface area contributed by atoms with E-state index in [1.54, 1.807) is 19.2 Å². The summed E-state index contributed by atoms with van der Waals surface area (Å²) < 4.78 is 23.5. The number of aliphatic imine (C=N–C) groups is 1. The van der Waals surface area contributed by atoms with Gasteiger partial charge in [0.25, 0.3) is 0 Å². The molecule has 1 aliphatic rings. The summed E-state index contributed by atoms with van der Waals surface area (Å²) >= 11 is 0. The number of ether oxygens (including phenoxy) is 2. The fourth-order valence-corrected chi connectivity index (χ4v) is 3.26. The first-order valence-corrected chi connectivity index (χ1v) is 11.0. The van der Waals surface area contributed by atoms with Gasteiger partial charge in [-0.15, -0.1) is 0 Å². The molecule has 0 radical (unpaired) electrons. The maximum atomic E-state index is 13.1. The van der Waals surface area contributed by atoms with E-state index in [0.717, 1.165) is 31.7 Å². The van der Waals surface area contributed by atoms with E-state index in [9.17, 15) is 9.18 Å². The van der Waals surface area contributed by atoms with Gasteiger partial charge in [0.05, 0.1) is 13.2 Å². The lowest BCUT2D eigenvalue weighted by molar-refractivity contribution is -0.131. The molecule has 1 amide bonds. The Morgan fingerprint density at radius 3 is 2.52 bits per heavy atom. The second-order valence-corrected chi connectivity index (χ2v) is 7.24. The third kappa shape index (κ3) is 9.52. The van der Waals surface area contributed by atoms with Crippen molar-refractivity contribution < 1.29 is 18.7 Å². The average molecular weight is 438 g/mol. The Labute approximate surface area is 184 Å². The van der Waals surface area contributed by atoms with E-state index < -0.39 is 0 Å². The van der Waals surface area contributed by atoms with E-state index in [-0.39, 0.29) is 11.7 Å². The van der Waals surface area contributed by atoms with Crippen LogP contribution in [0.1, 0.15) is 19.8 Å². The maximum Gasteiger partial charge on any atom is 0.224 e. The Hall–Kier alpha value is -2.39. The van der Waals surface area contributed by atoms with Crippen molar-refractivity contribution in [2.45, 2.75) is 19.8 Å². The topological polar surface area (TPSA) is 78.4 Å². The Bertz CT molecular complexity index is 664. The SMILES string of the molecule is CCNC(=NCCCOCCOC)NCCC(=O)N1CCN(c2ccc(F)cc2)CC1. The molecule has 1 aromatic rings. The molecule has 2 N–H and O–H groups in total. The van der Waals surface area contributed by atoms with Crippen LogP contribution in [0.15, 0.2) is 29.3 Å². The van der Waals surface area contributed by atoms with Crippen LogP contribution in [0.3, 0.4) is 0 Å². The van der Waals surface area contributed by atoms with Crippen molar-refractivity contribution in [1.29, 1.82) is 0 Å². The molecule has 8 nitrogen and oxygen atoms in total. The van der Waals surface area contributed by atoms with Crippen LogP contribution in [0.25, 0.3) is 0 Å². The van der Waals surface area contributed by atoms with Gasteiger partial charge in [-0.05, 0) is 37.6 Å². The van der Waals surface area contributed by atoms with Gasteiger partial charge in [0.2, 0.25) is 5.91 Å². The fraction of sp³-hybridized carbons (Fsp3) is 0.636. The molecule has 174 valence electrons. The standard InChI is InChI=1S/C22H36FN5O3/c1-3-24-22(25-10-4-16-31-18-17-30-2)26-11-9-21(29)28-14-12-27(13-15-28)20-7-5-19(23)6-8-20/h5-8H,3-4,9-18H2,1-2H3,(H2,24,25,26). The van der Waals surface area contributed by atoms with E-state index >= 15 is 0 Å². The zero-order valence-corrected chi connectivity index (χ0v) is 18.7. The largest absolute Gasteiger partial charge is 0.382 e. The lowest BCUT2D eigenvalue weighted by Crippen LogP contribution is -2.49. The van der Waals surface area contributed by atoms with Crippen molar-refractivity contribution in [3.8, 4) is 0 Å². The number of nitrogens with zero attached hydrogens (tertiary/aromatic N) is 3. The summed E-state index contributed by atoms with van der Waals surface area (Å²) in [6.45, 7) is 8.65. The zero-order valence-electron chi connectivity index (χ0n) is 18.7. The highest BCUT2D eigenvalue weighted by atomic mass is 19.1. The molecule has 31 heavy (non-hydrogen) atoms. The van der Waals surface area contributed by atoms with Crippen molar-refractivity contribution in [2.24, 2.45) is 4.99 Å². The number of hydrogen-bond acceptors (Lipinski definition) is 5. The number of anilines is 1. The van der Waals surface area contributed by atoms with Crippen molar-refractivity contribution >= 4 is 17.6 Å². The smallest absolute Gasteiger partial charge is 0.224 e. The average Bonchev–Trinajstić information content (AvgIpc) is 2.79. The number of guanidine groups is 1. The predicted molar refractivity (Wildman–Crippen MR) is 121 cm³/mol. The quantitative estimate of drug-likeness (QED) is 0.293. The molecule has 1 aromatic carbocycles. The molecular formula is C22H36FN5O3. The molecule has 0 atom stereocenters. The Kier molecular flexibility index (Phi) is 11.7. The second kappa shape index (κ2) is 14.6. The van der Waals surface area contributed by atoms with Crippen LogP contribution in [-0.4, -0.2) is 89.5 Å². The molecule has 0 saturated carbocycles. The van der Waals surface area contributed by atoms with Crippen molar-refractivity contribution in [3.05, 3.63) is 30.1 Å². The number of piperazine rings is 1. The van der Waals surface area contributed by atoms with Crippen LogP contribution >= 0.6 is 0 Å². The van der Waals surface area contributed by atoms with Crippen molar-refractivity contribution in [1.82, 2.24) is 15.5 Å². The van der Waals surface area contributed by atoms with Gasteiger partial charge in [0.15, 0.2) is 5.96 Å². The van der Waals surface area contributed by atoms with Gasteiger partial charge >= 0.3 is 0 Å². The molecule has 1 aliphatic heterocycles. The Morgan fingerprint density at radius 2 is 1.84 bits per heavy atom. The lowest BCUT2D eigenvalue weighted by atomic mass is 10.2. The van der Waals surface area contributed by atoms with E-state index in [2.05, 4.69) is 20.5 Å². The number of rotatable bonds is 12. The second-order valence-electron chi connectivity index (χ2n) is 7.24. The van der Waals surface area contributed by atoms with Crippen LogP contribution < -0.4 is 15.5 Å². The molecule has 1 heterocycles. The van der Waals surface area contributed by atoms with Gasteiger partial charge in [0, 0.05) is 71.6 Å². The normalized spacial score (nSPS) is 14.6. The Morgan fingerprint density at radius 1 is 1.10 bits per heavy atom. The minimum absolute atomic E-state index is 0.133. The van der Waals surface area contributed by atoms with Gasteiger partial charge < -0.3 is 29.9 Å². The predicted octanol–water partition coefficient (Wildman–Crippen LogP) is 1.47. The van der Waals surface area contributed by atoms with Gasteiger partial charge in [-0.3, -0.25) is 9.79 Å². The van der Waals surface area contributed by atoms with Gasteiger partial charge in [0.1, 0.15) is 5.82 Å². The number of carbonyl (C=O) groups is 1. The minimum Gasteiger partial charge on any atom is -0.382 e. The van der Waals surface area contributed by atoms with Crippen LogP contribution in [0.4, 0.5) is 10.1 Å². The number of amides is 1.